The van der Waals surface area contributed by atoms with Crippen LogP contribution < -0.4 is 15.8 Å². The van der Waals surface area contributed by atoms with Crippen LogP contribution in [-0.2, 0) is 11.4 Å². The fourth-order valence-electron chi connectivity index (χ4n) is 3.54. The number of carbonyl (C=O) groups is 1. The Bertz CT molecular complexity index is 746. The Morgan fingerprint density at radius 2 is 1.89 bits per heavy atom. The predicted molar refractivity (Wildman–Crippen MR) is 104 cm³/mol. The zero-order valence-electron chi connectivity index (χ0n) is 15.7. The molecule has 1 aliphatic carbocycles. The molecule has 2 aromatic carbocycles. The van der Waals surface area contributed by atoms with Gasteiger partial charge in [0, 0.05) is 12.5 Å². The Labute approximate surface area is 159 Å². The highest BCUT2D eigenvalue weighted by Gasteiger charge is 2.26. The normalized spacial score (nSPS) is 20.3. The second-order valence-corrected chi connectivity index (χ2v) is 7.33. The first-order valence-corrected chi connectivity index (χ1v) is 9.53. The third-order valence-electron chi connectivity index (χ3n) is 5.24. The molecule has 0 spiro atoms. The minimum absolute atomic E-state index is 0.0569. The van der Waals surface area contributed by atoms with E-state index in [9.17, 15) is 9.18 Å². The zero-order chi connectivity index (χ0) is 19.2. The number of rotatable bonds is 7. The average Bonchev–Trinajstić information content (AvgIpc) is 3.06. The molecule has 0 saturated heterocycles. The van der Waals surface area contributed by atoms with E-state index in [1.807, 2.05) is 31.2 Å². The van der Waals surface area contributed by atoms with Crippen LogP contribution in [0.2, 0.25) is 0 Å². The number of carbonyl (C=O) groups excluding carboxylic acids is 1. The first-order chi connectivity index (χ1) is 13.0. The fraction of sp³-hybridized carbons (Fsp3) is 0.409. The third kappa shape index (κ3) is 5.54. The first kappa shape index (κ1) is 19.4. The number of benzene rings is 2. The molecule has 144 valence electrons. The van der Waals surface area contributed by atoms with Crippen LogP contribution in [0.25, 0.3) is 0 Å². The van der Waals surface area contributed by atoms with Crippen molar-refractivity contribution in [2.24, 2.45) is 11.7 Å². The van der Waals surface area contributed by atoms with Crippen LogP contribution >= 0.6 is 0 Å². The smallest absolute Gasteiger partial charge is 0.220 e. The summed E-state index contributed by atoms with van der Waals surface area (Å²) in [5.74, 6) is 0.841. The van der Waals surface area contributed by atoms with E-state index < -0.39 is 0 Å². The quantitative estimate of drug-likeness (QED) is 0.771. The van der Waals surface area contributed by atoms with Crippen LogP contribution in [0.15, 0.2) is 48.5 Å². The van der Waals surface area contributed by atoms with E-state index in [2.05, 4.69) is 5.32 Å². The molecule has 0 heterocycles. The maximum Gasteiger partial charge on any atom is 0.220 e. The lowest BCUT2D eigenvalue weighted by molar-refractivity contribution is -0.122. The number of hydrogen-bond donors (Lipinski definition) is 2. The van der Waals surface area contributed by atoms with Crippen molar-refractivity contribution in [2.45, 2.75) is 51.3 Å². The standard InChI is InChI=1S/C22H27FN2O2/c1-15(25-22(26)13-18-3-2-4-21(18)24)17-7-11-20(12-8-17)27-14-16-5-9-19(23)10-6-16/h5-12,15,18,21H,2-4,13-14,24H2,1H3,(H,25,26)/t15?,18-,21+/m0/s1. The summed E-state index contributed by atoms with van der Waals surface area (Å²) in [5.41, 5.74) is 7.98. The number of amides is 1. The number of nitrogens with two attached hydrogens (primary N) is 1. The van der Waals surface area contributed by atoms with Gasteiger partial charge in [0.25, 0.3) is 0 Å². The zero-order valence-corrected chi connectivity index (χ0v) is 15.7. The van der Waals surface area contributed by atoms with Crippen LogP contribution in [0.5, 0.6) is 5.75 Å². The fourth-order valence-corrected chi connectivity index (χ4v) is 3.54. The Morgan fingerprint density at radius 1 is 1.19 bits per heavy atom. The Balaban J connectivity index is 1.48. The van der Waals surface area contributed by atoms with E-state index in [1.54, 1.807) is 12.1 Å². The molecule has 27 heavy (non-hydrogen) atoms. The second kappa shape index (κ2) is 9.00. The van der Waals surface area contributed by atoms with E-state index in [-0.39, 0.29) is 23.8 Å². The number of hydrogen-bond acceptors (Lipinski definition) is 3. The van der Waals surface area contributed by atoms with Gasteiger partial charge in [0.15, 0.2) is 0 Å². The van der Waals surface area contributed by atoms with Gasteiger partial charge in [-0.15, -0.1) is 0 Å². The predicted octanol–water partition coefficient (Wildman–Crippen LogP) is 4.10. The summed E-state index contributed by atoms with van der Waals surface area (Å²) in [5, 5.41) is 3.06. The molecule has 1 saturated carbocycles. The Kier molecular flexibility index (Phi) is 6.45. The van der Waals surface area contributed by atoms with Crippen molar-refractivity contribution in [1.29, 1.82) is 0 Å². The minimum Gasteiger partial charge on any atom is -0.489 e. The molecule has 0 aromatic heterocycles. The van der Waals surface area contributed by atoms with Gasteiger partial charge >= 0.3 is 0 Å². The molecular weight excluding hydrogens is 343 g/mol. The van der Waals surface area contributed by atoms with Crippen molar-refractivity contribution in [3.63, 3.8) is 0 Å². The van der Waals surface area contributed by atoms with Gasteiger partial charge in [-0.25, -0.2) is 4.39 Å². The summed E-state index contributed by atoms with van der Waals surface area (Å²) in [6, 6.07) is 14.0. The van der Waals surface area contributed by atoms with Gasteiger partial charge < -0.3 is 15.8 Å². The lowest BCUT2D eigenvalue weighted by atomic mass is 9.99. The molecule has 1 aliphatic rings. The largest absolute Gasteiger partial charge is 0.489 e. The van der Waals surface area contributed by atoms with Gasteiger partial charge in [-0.1, -0.05) is 30.7 Å². The summed E-state index contributed by atoms with van der Waals surface area (Å²) >= 11 is 0. The number of nitrogens with one attached hydrogen (secondary N) is 1. The van der Waals surface area contributed by atoms with E-state index in [0.29, 0.717) is 18.9 Å². The Morgan fingerprint density at radius 3 is 2.52 bits per heavy atom. The summed E-state index contributed by atoms with van der Waals surface area (Å²) in [4.78, 5) is 12.3. The van der Waals surface area contributed by atoms with Crippen molar-refractivity contribution in [3.05, 3.63) is 65.5 Å². The topological polar surface area (TPSA) is 64.4 Å². The van der Waals surface area contributed by atoms with Gasteiger partial charge in [-0.05, 0) is 61.1 Å². The lowest BCUT2D eigenvalue weighted by Crippen LogP contribution is -2.32. The molecule has 3 N–H and O–H groups in total. The number of ether oxygens (including phenoxy) is 1. The maximum atomic E-state index is 12.9. The van der Waals surface area contributed by atoms with Crippen LogP contribution in [-0.4, -0.2) is 11.9 Å². The summed E-state index contributed by atoms with van der Waals surface area (Å²) in [6.45, 7) is 2.36. The van der Waals surface area contributed by atoms with Crippen LogP contribution in [0.1, 0.15) is 49.8 Å². The van der Waals surface area contributed by atoms with E-state index in [4.69, 9.17) is 10.5 Å². The van der Waals surface area contributed by atoms with E-state index >= 15 is 0 Å². The molecule has 0 bridgehead atoms. The van der Waals surface area contributed by atoms with Gasteiger partial charge in [-0.3, -0.25) is 4.79 Å². The molecule has 1 fully saturated rings. The molecule has 1 amide bonds. The molecule has 0 aliphatic heterocycles. The van der Waals surface area contributed by atoms with Gasteiger partial charge in [0.05, 0.1) is 6.04 Å². The maximum absolute atomic E-state index is 12.9. The lowest BCUT2D eigenvalue weighted by Gasteiger charge is -2.18. The van der Waals surface area contributed by atoms with Crippen molar-refractivity contribution in [3.8, 4) is 5.75 Å². The first-order valence-electron chi connectivity index (χ1n) is 9.53. The molecule has 0 radical (unpaired) electrons. The van der Waals surface area contributed by atoms with Gasteiger partial charge in [-0.2, -0.15) is 0 Å². The van der Waals surface area contributed by atoms with Crippen molar-refractivity contribution >= 4 is 5.91 Å². The van der Waals surface area contributed by atoms with E-state index in [0.717, 1.165) is 36.1 Å². The third-order valence-corrected chi connectivity index (χ3v) is 5.24. The molecule has 3 rings (SSSR count). The summed E-state index contributed by atoms with van der Waals surface area (Å²) < 4.78 is 18.6. The molecule has 1 unspecified atom stereocenters. The minimum atomic E-state index is -0.256. The summed E-state index contributed by atoms with van der Waals surface area (Å²) in [6.07, 6.45) is 3.69. The van der Waals surface area contributed by atoms with Gasteiger partial charge in [0.2, 0.25) is 5.91 Å². The van der Waals surface area contributed by atoms with Crippen LogP contribution in [0.4, 0.5) is 4.39 Å². The number of halogens is 1. The van der Waals surface area contributed by atoms with Crippen molar-refractivity contribution in [1.82, 2.24) is 5.32 Å². The summed E-state index contributed by atoms with van der Waals surface area (Å²) in [7, 11) is 0. The molecular formula is C22H27FN2O2. The highest BCUT2D eigenvalue weighted by Crippen LogP contribution is 2.27. The monoisotopic (exact) mass is 370 g/mol. The highest BCUT2D eigenvalue weighted by molar-refractivity contribution is 5.76. The van der Waals surface area contributed by atoms with Crippen molar-refractivity contribution in [2.75, 3.05) is 0 Å². The second-order valence-electron chi connectivity index (χ2n) is 7.33. The highest BCUT2D eigenvalue weighted by atomic mass is 19.1. The van der Waals surface area contributed by atoms with Crippen molar-refractivity contribution < 1.29 is 13.9 Å². The SMILES string of the molecule is CC(NC(=O)C[C@@H]1CCC[C@H]1N)c1ccc(OCc2ccc(F)cc2)cc1. The molecule has 4 nitrogen and oxygen atoms in total. The average molecular weight is 370 g/mol. The Hall–Kier alpha value is -2.40. The van der Waals surface area contributed by atoms with E-state index in [1.165, 1.54) is 12.1 Å². The van der Waals surface area contributed by atoms with Crippen LogP contribution in [0, 0.1) is 11.7 Å². The van der Waals surface area contributed by atoms with Crippen LogP contribution in [0.3, 0.4) is 0 Å². The molecule has 3 atom stereocenters. The molecule has 5 heteroatoms. The van der Waals surface area contributed by atoms with Gasteiger partial charge in [0.1, 0.15) is 18.2 Å². The molecule has 2 aromatic rings.